The van der Waals surface area contributed by atoms with Crippen LogP contribution in [0.3, 0.4) is 0 Å². The monoisotopic (exact) mass is 469 g/mol. The van der Waals surface area contributed by atoms with E-state index in [1.807, 2.05) is 0 Å². The zero-order valence-electron chi connectivity index (χ0n) is 18.8. The van der Waals surface area contributed by atoms with Crippen molar-refractivity contribution >= 4 is 41.2 Å². The van der Waals surface area contributed by atoms with Crippen molar-refractivity contribution in [2.75, 3.05) is 11.6 Å². The van der Waals surface area contributed by atoms with E-state index >= 15 is 0 Å². The van der Waals surface area contributed by atoms with Crippen LogP contribution in [0.5, 0.6) is 0 Å². The Balaban J connectivity index is 1.40. The summed E-state index contributed by atoms with van der Waals surface area (Å²) >= 11 is 0. The molecule has 0 saturated heterocycles. The first-order valence-corrected chi connectivity index (χ1v) is 10.8. The van der Waals surface area contributed by atoms with E-state index in [9.17, 15) is 19.2 Å². The van der Waals surface area contributed by atoms with Crippen molar-refractivity contribution < 1.29 is 28.7 Å². The van der Waals surface area contributed by atoms with Crippen LogP contribution >= 0.6 is 0 Å². The van der Waals surface area contributed by atoms with Gasteiger partial charge < -0.3 is 9.52 Å². The molecule has 0 fully saturated rings. The zero-order chi connectivity index (χ0) is 24.9. The number of fused-ring (bicyclic) bond motifs is 1. The summed E-state index contributed by atoms with van der Waals surface area (Å²) in [5.41, 5.74) is 2.72. The van der Waals surface area contributed by atoms with Crippen molar-refractivity contribution in [3.8, 4) is 11.3 Å². The Morgan fingerprint density at radius 2 is 1.69 bits per heavy atom. The second-order valence-electron chi connectivity index (χ2n) is 8.03. The van der Waals surface area contributed by atoms with E-state index < -0.39 is 5.97 Å². The van der Waals surface area contributed by atoms with Gasteiger partial charge in [-0.2, -0.15) is 10.1 Å². The molecule has 0 bridgehead atoms. The summed E-state index contributed by atoms with van der Waals surface area (Å²) in [5, 5.41) is 14.6. The van der Waals surface area contributed by atoms with E-state index in [1.54, 1.807) is 50.3 Å². The van der Waals surface area contributed by atoms with Gasteiger partial charge in [0.1, 0.15) is 11.5 Å². The summed E-state index contributed by atoms with van der Waals surface area (Å²) in [7, 11) is 0. The number of carboxylic acid groups (broad SMARTS) is 1. The molecule has 1 N–H and O–H groups in total. The van der Waals surface area contributed by atoms with Gasteiger partial charge in [0.2, 0.25) is 0 Å². The largest absolute Gasteiger partial charge is 0.478 e. The molecule has 0 saturated carbocycles. The van der Waals surface area contributed by atoms with Crippen molar-refractivity contribution in [3.05, 3.63) is 82.6 Å². The number of carboxylic acids is 1. The van der Waals surface area contributed by atoms with Crippen LogP contribution in [0.15, 0.2) is 69.7 Å². The van der Waals surface area contributed by atoms with Gasteiger partial charge in [0, 0.05) is 12.1 Å². The molecule has 0 spiro atoms. The van der Waals surface area contributed by atoms with E-state index in [0.717, 1.165) is 0 Å². The lowest BCUT2D eigenvalue weighted by atomic mass is 10.0. The molecular formula is C26H19N3O6. The molecule has 9 nitrogen and oxygen atoms in total. The third-order valence-electron chi connectivity index (χ3n) is 5.91. The SMILES string of the molecule is CCN1C(=O)c2ccc(-c3ccc(C=C4C(=O)N(c5ccc(C(=O)O)cc5)N=C4C)o3)cc2C1=O. The Morgan fingerprint density at radius 3 is 2.37 bits per heavy atom. The number of amides is 3. The summed E-state index contributed by atoms with van der Waals surface area (Å²) in [4.78, 5) is 50.1. The average Bonchev–Trinajstić information content (AvgIpc) is 3.50. The van der Waals surface area contributed by atoms with Gasteiger partial charge in [0.05, 0.1) is 33.7 Å². The lowest BCUT2D eigenvalue weighted by molar-refractivity contribution is -0.114. The average molecular weight is 469 g/mol. The molecule has 35 heavy (non-hydrogen) atoms. The molecule has 174 valence electrons. The molecule has 0 atom stereocenters. The summed E-state index contributed by atoms with van der Waals surface area (Å²) in [6.07, 6.45) is 1.58. The number of carbonyl (C=O) groups is 4. The Hall–Kier alpha value is -4.79. The van der Waals surface area contributed by atoms with Gasteiger partial charge in [-0.15, -0.1) is 0 Å². The van der Waals surface area contributed by atoms with E-state index in [1.165, 1.54) is 34.2 Å². The van der Waals surface area contributed by atoms with Crippen LogP contribution in [0.25, 0.3) is 17.4 Å². The van der Waals surface area contributed by atoms with Crippen molar-refractivity contribution in [1.82, 2.24) is 4.90 Å². The maximum Gasteiger partial charge on any atom is 0.335 e. The van der Waals surface area contributed by atoms with Gasteiger partial charge >= 0.3 is 5.97 Å². The van der Waals surface area contributed by atoms with Gasteiger partial charge in [0.25, 0.3) is 17.7 Å². The summed E-state index contributed by atoms with van der Waals surface area (Å²) in [5.74, 6) is -1.16. The second kappa shape index (κ2) is 8.21. The topological polar surface area (TPSA) is 120 Å². The van der Waals surface area contributed by atoms with Crippen LogP contribution in [0, 0.1) is 0 Å². The standard InChI is InChI=1S/C26H19N3O6/c1-3-28-23(30)19-10-6-16(12-21(19)24(28)31)22-11-9-18(35-22)13-20-14(2)27-29(25(20)32)17-7-4-15(5-8-17)26(33)34/h4-13H,3H2,1-2H3,(H,33,34). The fourth-order valence-corrected chi connectivity index (χ4v) is 4.06. The number of aromatic carboxylic acids is 1. The number of hydrazone groups is 1. The number of hydrogen-bond donors (Lipinski definition) is 1. The predicted molar refractivity (Wildman–Crippen MR) is 127 cm³/mol. The Labute approximate surface area is 199 Å². The highest BCUT2D eigenvalue weighted by atomic mass is 16.4. The maximum atomic E-state index is 13.0. The zero-order valence-corrected chi connectivity index (χ0v) is 18.8. The van der Waals surface area contributed by atoms with Crippen LogP contribution in [-0.2, 0) is 4.79 Å². The fraction of sp³-hybridized carbons (Fsp3) is 0.115. The number of anilines is 1. The number of rotatable bonds is 5. The molecule has 3 aromatic rings. The van der Waals surface area contributed by atoms with E-state index in [-0.39, 0.29) is 23.3 Å². The Kier molecular flexibility index (Phi) is 5.17. The summed E-state index contributed by atoms with van der Waals surface area (Å²) < 4.78 is 5.91. The highest BCUT2D eigenvalue weighted by Crippen LogP contribution is 2.31. The first-order valence-electron chi connectivity index (χ1n) is 10.8. The minimum atomic E-state index is -1.06. The molecule has 0 radical (unpaired) electrons. The first-order chi connectivity index (χ1) is 16.8. The molecular weight excluding hydrogens is 450 g/mol. The lowest BCUT2D eigenvalue weighted by Crippen LogP contribution is -2.29. The van der Waals surface area contributed by atoms with Gasteiger partial charge in [-0.05, 0) is 68.5 Å². The third kappa shape index (κ3) is 3.63. The second-order valence-corrected chi connectivity index (χ2v) is 8.03. The molecule has 2 aliphatic heterocycles. The molecule has 0 aliphatic carbocycles. The van der Waals surface area contributed by atoms with Crippen LogP contribution < -0.4 is 5.01 Å². The van der Waals surface area contributed by atoms with Gasteiger partial charge in [0.15, 0.2) is 0 Å². The molecule has 3 amide bonds. The van der Waals surface area contributed by atoms with Crippen LogP contribution in [0.1, 0.15) is 50.7 Å². The molecule has 9 heteroatoms. The normalized spacial score (nSPS) is 16.3. The Morgan fingerprint density at radius 1 is 0.971 bits per heavy atom. The van der Waals surface area contributed by atoms with Crippen molar-refractivity contribution in [2.24, 2.45) is 5.10 Å². The van der Waals surface area contributed by atoms with E-state index in [2.05, 4.69) is 5.10 Å². The van der Waals surface area contributed by atoms with Gasteiger partial charge in [-0.25, -0.2) is 4.79 Å². The van der Waals surface area contributed by atoms with Gasteiger partial charge in [-0.1, -0.05) is 6.07 Å². The summed E-state index contributed by atoms with van der Waals surface area (Å²) in [6, 6.07) is 14.2. The van der Waals surface area contributed by atoms with E-state index in [0.29, 0.717) is 51.7 Å². The molecule has 2 aromatic carbocycles. The number of imide groups is 1. The van der Waals surface area contributed by atoms with Crippen molar-refractivity contribution in [3.63, 3.8) is 0 Å². The highest BCUT2D eigenvalue weighted by Gasteiger charge is 2.34. The van der Waals surface area contributed by atoms with Gasteiger partial charge in [-0.3, -0.25) is 19.3 Å². The minimum Gasteiger partial charge on any atom is -0.478 e. The first kappa shape index (κ1) is 22.0. The smallest absolute Gasteiger partial charge is 0.335 e. The van der Waals surface area contributed by atoms with E-state index in [4.69, 9.17) is 9.52 Å². The highest BCUT2D eigenvalue weighted by molar-refractivity contribution is 6.32. The molecule has 2 aliphatic rings. The third-order valence-corrected chi connectivity index (χ3v) is 5.91. The number of benzene rings is 2. The van der Waals surface area contributed by atoms with Crippen LogP contribution in [0.2, 0.25) is 0 Å². The van der Waals surface area contributed by atoms with Crippen LogP contribution in [-0.4, -0.2) is 46.0 Å². The number of furan rings is 1. The number of hydrogen-bond acceptors (Lipinski definition) is 6. The molecule has 5 rings (SSSR count). The quantitative estimate of drug-likeness (QED) is 0.444. The van der Waals surface area contributed by atoms with Crippen molar-refractivity contribution in [1.29, 1.82) is 0 Å². The number of carbonyl (C=O) groups excluding carboxylic acids is 3. The van der Waals surface area contributed by atoms with Crippen LogP contribution in [0.4, 0.5) is 5.69 Å². The summed E-state index contributed by atoms with van der Waals surface area (Å²) in [6.45, 7) is 3.74. The predicted octanol–water partition coefficient (Wildman–Crippen LogP) is 4.07. The minimum absolute atomic E-state index is 0.111. The Bertz CT molecular complexity index is 1480. The molecule has 1 aromatic heterocycles. The van der Waals surface area contributed by atoms with Crippen molar-refractivity contribution in [2.45, 2.75) is 13.8 Å². The molecule has 3 heterocycles. The number of nitrogens with zero attached hydrogens (tertiary/aromatic N) is 3. The fourth-order valence-electron chi connectivity index (χ4n) is 4.06. The maximum absolute atomic E-state index is 13.0. The molecule has 0 unspecified atom stereocenters. The lowest BCUT2D eigenvalue weighted by Gasteiger charge is -2.11.